The predicted octanol–water partition coefficient (Wildman–Crippen LogP) is 4.53. The van der Waals surface area contributed by atoms with Crippen LogP contribution in [-0.2, 0) is 10.8 Å². The normalized spacial score (nSPS) is 18.7. The molecule has 4 heteroatoms. The number of nitrogens with one attached hydrogen (secondary N) is 1. The molecular formula is C20H29N3O. The largest absolute Gasteiger partial charge is 0.338 e. The number of benzene rings is 1. The van der Waals surface area contributed by atoms with Crippen molar-refractivity contribution in [2.45, 2.75) is 70.3 Å². The molecule has 0 aliphatic heterocycles. The molecule has 2 aromatic rings. The van der Waals surface area contributed by atoms with Crippen LogP contribution in [0.2, 0.25) is 0 Å². The van der Waals surface area contributed by atoms with Gasteiger partial charge in [0.15, 0.2) is 5.82 Å². The maximum atomic E-state index is 5.48. The average Bonchev–Trinajstić information content (AvgIpc) is 3.23. The van der Waals surface area contributed by atoms with Crippen LogP contribution in [0.5, 0.6) is 0 Å². The molecule has 1 saturated carbocycles. The van der Waals surface area contributed by atoms with E-state index < -0.39 is 0 Å². The van der Waals surface area contributed by atoms with Crippen molar-refractivity contribution in [3.05, 3.63) is 47.6 Å². The molecule has 0 spiro atoms. The first-order chi connectivity index (χ1) is 11.4. The summed E-state index contributed by atoms with van der Waals surface area (Å²) in [5, 5.41) is 7.79. The monoisotopic (exact) mass is 327 g/mol. The van der Waals surface area contributed by atoms with E-state index in [1.165, 1.54) is 31.2 Å². The zero-order valence-corrected chi connectivity index (χ0v) is 15.3. The Morgan fingerprint density at radius 3 is 2.42 bits per heavy atom. The SMILES string of the molecule is CC(NCC1(c2ccccc2)CCCC1)c1nc(C(C)(C)C)no1. The van der Waals surface area contributed by atoms with Gasteiger partial charge in [-0.05, 0) is 25.3 Å². The predicted molar refractivity (Wildman–Crippen MR) is 96.0 cm³/mol. The summed E-state index contributed by atoms with van der Waals surface area (Å²) in [7, 11) is 0. The molecule has 24 heavy (non-hydrogen) atoms. The minimum atomic E-state index is -0.0851. The van der Waals surface area contributed by atoms with Gasteiger partial charge >= 0.3 is 0 Å². The quantitative estimate of drug-likeness (QED) is 0.876. The van der Waals surface area contributed by atoms with E-state index in [-0.39, 0.29) is 16.9 Å². The van der Waals surface area contributed by atoms with Crippen molar-refractivity contribution in [2.75, 3.05) is 6.54 Å². The molecule has 1 atom stereocenters. The Morgan fingerprint density at radius 1 is 1.17 bits per heavy atom. The molecular weight excluding hydrogens is 298 g/mol. The maximum absolute atomic E-state index is 5.48. The molecule has 0 bridgehead atoms. The Bertz CT molecular complexity index is 651. The van der Waals surface area contributed by atoms with E-state index >= 15 is 0 Å². The molecule has 1 aromatic heterocycles. The van der Waals surface area contributed by atoms with Crippen molar-refractivity contribution in [3.63, 3.8) is 0 Å². The van der Waals surface area contributed by atoms with Gasteiger partial charge in [0.05, 0.1) is 6.04 Å². The number of hydrogen-bond acceptors (Lipinski definition) is 4. The summed E-state index contributed by atoms with van der Waals surface area (Å²) in [6, 6.07) is 11.0. The van der Waals surface area contributed by atoms with Crippen molar-refractivity contribution in [1.29, 1.82) is 0 Å². The topological polar surface area (TPSA) is 51.0 Å². The summed E-state index contributed by atoms with van der Waals surface area (Å²) >= 11 is 0. The first-order valence-corrected chi connectivity index (χ1v) is 9.04. The first-order valence-electron chi connectivity index (χ1n) is 9.04. The number of aromatic nitrogens is 2. The highest BCUT2D eigenvalue weighted by molar-refractivity contribution is 5.27. The molecule has 1 aromatic carbocycles. The molecule has 130 valence electrons. The molecule has 4 nitrogen and oxygen atoms in total. The Kier molecular flexibility index (Phi) is 4.77. The fraction of sp³-hybridized carbons (Fsp3) is 0.600. The fourth-order valence-corrected chi connectivity index (χ4v) is 3.56. The van der Waals surface area contributed by atoms with Crippen LogP contribution in [0, 0.1) is 0 Å². The second kappa shape index (κ2) is 6.67. The summed E-state index contributed by atoms with van der Waals surface area (Å²) in [6.45, 7) is 9.35. The Balaban J connectivity index is 1.70. The molecule has 0 saturated heterocycles. The third-order valence-electron chi connectivity index (χ3n) is 5.18. The van der Waals surface area contributed by atoms with Crippen molar-refractivity contribution in [2.24, 2.45) is 0 Å². The lowest BCUT2D eigenvalue weighted by Gasteiger charge is -2.31. The molecule has 3 rings (SSSR count). The Morgan fingerprint density at radius 2 is 1.83 bits per heavy atom. The van der Waals surface area contributed by atoms with E-state index in [1.807, 2.05) is 0 Å². The fourth-order valence-electron chi connectivity index (χ4n) is 3.56. The van der Waals surface area contributed by atoms with Crippen molar-refractivity contribution in [3.8, 4) is 0 Å². The van der Waals surface area contributed by atoms with Gasteiger partial charge in [-0.2, -0.15) is 4.98 Å². The van der Waals surface area contributed by atoms with Crippen molar-refractivity contribution < 1.29 is 4.52 Å². The summed E-state index contributed by atoms with van der Waals surface area (Å²) in [6.07, 6.45) is 5.10. The summed E-state index contributed by atoms with van der Waals surface area (Å²) in [5.41, 5.74) is 1.60. The zero-order chi connectivity index (χ0) is 17.2. The summed E-state index contributed by atoms with van der Waals surface area (Å²) in [4.78, 5) is 4.58. The van der Waals surface area contributed by atoms with Crippen molar-refractivity contribution in [1.82, 2.24) is 15.5 Å². The highest BCUT2D eigenvalue weighted by Gasteiger charge is 2.36. The van der Waals surface area contributed by atoms with Gasteiger partial charge in [-0.15, -0.1) is 0 Å². The van der Waals surface area contributed by atoms with E-state index in [4.69, 9.17) is 4.52 Å². The van der Waals surface area contributed by atoms with E-state index in [2.05, 4.69) is 73.5 Å². The van der Waals surface area contributed by atoms with Crippen LogP contribution in [0.3, 0.4) is 0 Å². The molecule has 0 radical (unpaired) electrons. The number of nitrogens with zero attached hydrogens (tertiary/aromatic N) is 2. The van der Waals surface area contributed by atoms with Gasteiger partial charge in [-0.3, -0.25) is 0 Å². The van der Waals surface area contributed by atoms with Crippen LogP contribution < -0.4 is 5.32 Å². The first kappa shape index (κ1) is 17.2. The van der Waals surface area contributed by atoms with E-state index in [0.29, 0.717) is 5.89 Å². The number of rotatable bonds is 5. The molecule has 1 heterocycles. The van der Waals surface area contributed by atoms with Crippen LogP contribution in [0.1, 0.15) is 76.7 Å². The Labute approximate surface area is 145 Å². The van der Waals surface area contributed by atoms with Gasteiger partial charge in [0, 0.05) is 17.4 Å². The highest BCUT2D eigenvalue weighted by atomic mass is 16.5. The van der Waals surface area contributed by atoms with E-state index in [9.17, 15) is 0 Å². The van der Waals surface area contributed by atoms with Crippen LogP contribution >= 0.6 is 0 Å². The standard InChI is InChI=1S/C20H29N3O/c1-15(17-22-18(23-24-17)19(2,3)4)21-14-20(12-8-9-13-20)16-10-6-5-7-11-16/h5-7,10-11,15,21H,8-9,12-14H2,1-4H3. The molecule has 1 unspecified atom stereocenters. The molecule has 1 N–H and O–H groups in total. The Hall–Kier alpha value is -1.68. The lowest BCUT2D eigenvalue weighted by Crippen LogP contribution is -2.37. The minimum absolute atomic E-state index is 0.0646. The van der Waals surface area contributed by atoms with Crippen LogP contribution in [0.25, 0.3) is 0 Å². The maximum Gasteiger partial charge on any atom is 0.243 e. The molecule has 1 aliphatic rings. The van der Waals surface area contributed by atoms with Gasteiger partial charge in [0.1, 0.15) is 0 Å². The third-order valence-corrected chi connectivity index (χ3v) is 5.18. The van der Waals surface area contributed by atoms with Gasteiger partial charge < -0.3 is 9.84 Å². The van der Waals surface area contributed by atoms with Gasteiger partial charge in [-0.25, -0.2) is 0 Å². The van der Waals surface area contributed by atoms with Gasteiger partial charge in [-0.1, -0.05) is 69.1 Å². The molecule has 1 aliphatic carbocycles. The van der Waals surface area contributed by atoms with Crippen LogP contribution in [0.15, 0.2) is 34.9 Å². The van der Waals surface area contributed by atoms with Crippen LogP contribution in [-0.4, -0.2) is 16.7 Å². The van der Waals surface area contributed by atoms with Crippen LogP contribution in [0.4, 0.5) is 0 Å². The average molecular weight is 327 g/mol. The summed E-state index contributed by atoms with van der Waals surface area (Å²) in [5.74, 6) is 1.45. The van der Waals surface area contributed by atoms with Crippen molar-refractivity contribution >= 4 is 0 Å². The lowest BCUT2D eigenvalue weighted by atomic mass is 9.78. The van der Waals surface area contributed by atoms with Gasteiger partial charge in [0.25, 0.3) is 0 Å². The zero-order valence-electron chi connectivity index (χ0n) is 15.3. The highest BCUT2D eigenvalue weighted by Crippen LogP contribution is 2.40. The summed E-state index contributed by atoms with van der Waals surface area (Å²) < 4.78 is 5.48. The number of hydrogen-bond donors (Lipinski definition) is 1. The second-order valence-electron chi connectivity index (χ2n) is 8.16. The smallest absolute Gasteiger partial charge is 0.243 e. The molecule has 1 fully saturated rings. The lowest BCUT2D eigenvalue weighted by molar-refractivity contribution is 0.311. The van der Waals surface area contributed by atoms with E-state index in [1.54, 1.807) is 0 Å². The second-order valence-corrected chi connectivity index (χ2v) is 8.16. The minimum Gasteiger partial charge on any atom is -0.338 e. The third kappa shape index (κ3) is 3.54. The van der Waals surface area contributed by atoms with Gasteiger partial charge in [0.2, 0.25) is 5.89 Å². The molecule has 0 amide bonds. The van der Waals surface area contributed by atoms with E-state index in [0.717, 1.165) is 12.4 Å².